The first-order valence-electron chi connectivity index (χ1n) is 6.23. The van der Waals surface area contributed by atoms with Gasteiger partial charge < -0.3 is 11.1 Å². The molecule has 1 aromatic carbocycles. The van der Waals surface area contributed by atoms with E-state index in [9.17, 15) is 8.42 Å². The normalized spacial score (nSPS) is 12.4. The predicted molar refractivity (Wildman–Crippen MR) is 79.7 cm³/mol. The Kier molecular flexibility index (Phi) is 4.81. The number of hydrogen-bond acceptors (Lipinski definition) is 4. The zero-order chi connectivity index (χ0) is 14.7. The number of benzene rings is 1. The molecule has 4 N–H and O–H groups in total. The van der Waals surface area contributed by atoms with Gasteiger partial charge in [-0.15, -0.1) is 0 Å². The van der Waals surface area contributed by atoms with Crippen molar-refractivity contribution in [1.82, 2.24) is 4.72 Å². The highest BCUT2D eigenvalue weighted by Gasteiger charge is 2.15. The largest absolute Gasteiger partial charge is 0.398 e. The number of sulfonamides is 1. The van der Waals surface area contributed by atoms with Crippen molar-refractivity contribution in [3.8, 4) is 0 Å². The Balaban J connectivity index is 2.78. The van der Waals surface area contributed by atoms with Crippen LogP contribution in [0, 0.1) is 5.41 Å². The Morgan fingerprint density at radius 1 is 1.26 bits per heavy atom. The average molecular weight is 285 g/mol. The second-order valence-electron chi connectivity index (χ2n) is 5.70. The van der Waals surface area contributed by atoms with E-state index in [1.165, 1.54) is 13.1 Å². The Morgan fingerprint density at radius 3 is 2.37 bits per heavy atom. The maximum atomic E-state index is 11.7. The molecule has 5 nitrogen and oxygen atoms in total. The van der Waals surface area contributed by atoms with Crippen molar-refractivity contribution in [1.29, 1.82) is 0 Å². The van der Waals surface area contributed by atoms with E-state index in [2.05, 4.69) is 30.8 Å². The van der Waals surface area contributed by atoms with Crippen molar-refractivity contribution >= 4 is 21.4 Å². The zero-order valence-corrected chi connectivity index (χ0v) is 12.8. The predicted octanol–water partition coefficient (Wildman–Crippen LogP) is 2.02. The molecule has 0 bridgehead atoms. The minimum absolute atomic E-state index is 0.108. The molecule has 1 aromatic rings. The third-order valence-electron chi connectivity index (χ3n) is 2.77. The van der Waals surface area contributed by atoms with E-state index in [0.29, 0.717) is 0 Å². The summed E-state index contributed by atoms with van der Waals surface area (Å²) >= 11 is 0. The van der Waals surface area contributed by atoms with Gasteiger partial charge in [-0.05, 0) is 37.1 Å². The van der Waals surface area contributed by atoms with Crippen molar-refractivity contribution < 1.29 is 8.42 Å². The molecule has 0 aliphatic carbocycles. The van der Waals surface area contributed by atoms with Crippen molar-refractivity contribution in [2.45, 2.75) is 32.1 Å². The molecule has 0 unspecified atom stereocenters. The number of anilines is 2. The van der Waals surface area contributed by atoms with Gasteiger partial charge in [0.25, 0.3) is 0 Å². The SMILES string of the molecule is CNS(=O)(=O)c1ccc(NCCC(C)(C)C)cc1N. The van der Waals surface area contributed by atoms with Crippen molar-refractivity contribution in [3.63, 3.8) is 0 Å². The summed E-state index contributed by atoms with van der Waals surface area (Å²) in [6.07, 6.45) is 1.02. The van der Waals surface area contributed by atoms with Gasteiger partial charge in [-0.2, -0.15) is 0 Å². The summed E-state index contributed by atoms with van der Waals surface area (Å²) < 4.78 is 25.6. The summed E-state index contributed by atoms with van der Waals surface area (Å²) in [4.78, 5) is 0.108. The standard InChI is InChI=1S/C13H23N3O2S/c1-13(2,3)7-8-16-10-5-6-12(11(14)9-10)19(17,18)15-4/h5-6,9,15-16H,7-8,14H2,1-4H3. The van der Waals surface area contributed by atoms with Crippen LogP contribution in [0.2, 0.25) is 0 Å². The van der Waals surface area contributed by atoms with Crippen LogP contribution < -0.4 is 15.8 Å². The molecule has 19 heavy (non-hydrogen) atoms. The van der Waals surface area contributed by atoms with Gasteiger partial charge in [-0.1, -0.05) is 20.8 Å². The third-order valence-corrected chi connectivity index (χ3v) is 4.26. The monoisotopic (exact) mass is 285 g/mol. The molecule has 0 spiro atoms. The maximum absolute atomic E-state index is 11.7. The van der Waals surface area contributed by atoms with E-state index in [-0.39, 0.29) is 16.0 Å². The van der Waals surface area contributed by atoms with Crippen LogP contribution in [0.3, 0.4) is 0 Å². The van der Waals surface area contributed by atoms with E-state index in [1.54, 1.807) is 12.1 Å². The molecule has 0 aliphatic rings. The molecule has 6 heteroatoms. The Labute approximate surface area is 115 Å². The minimum atomic E-state index is -3.49. The lowest BCUT2D eigenvalue weighted by Gasteiger charge is -2.18. The summed E-state index contributed by atoms with van der Waals surface area (Å²) in [7, 11) is -2.13. The fourth-order valence-electron chi connectivity index (χ4n) is 1.59. The van der Waals surface area contributed by atoms with Crippen molar-refractivity contribution in [2.75, 3.05) is 24.6 Å². The van der Waals surface area contributed by atoms with Crippen LogP contribution in [0.25, 0.3) is 0 Å². The summed E-state index contributed by atoms with van der Waals surface area (Å²) in [6, 6.07) is 4.89. The van der Waals surface area contributed by atoms with Gasteiger partial charge in [0.2, 0.25) is 10.0 Å². The van der Waals surface area contributed by atoms with Gasteiger partial charge in [-0.25, -0.2) is 13.1 Å². The molecule has 0 heterocycles. The van der Waals surface area contributed by atoms with E-state index in [4.69, 9.17) is 5.73 Å². The Hall–Kier alpha value is -1.27. The number of nitrogen functional groups attached to an aromatic ring is 1. The summed E-state index contributed by atoms with van der Waals surface area (Å²) in [5, 5.41) is 3.24. The molecule has 0 aliphatic heterocycles. The molecule has 108 valence electrons. The van der Waals surface area contributed by atoms with Gasteiger partial charge >= 0.3 is 0 Å². The first-order valence-corrected chi connectivity index (χ1v) is 7.71. The van der Waals surface area contributed by atoms with Crippen LogP contribution in [0.4, 0.5) is 11.4 Å². The summed E-state index contributed by atoms with van der Waals surface area (Å²) in [5.74, 6) is 0. The highest BCUT2D eigenvalue weighted by Crippen LogP contribution is 2.23. The average Bonchev–Trinajstić information content (AvgIpc) is 2.27. The van der Waals surface area contributed by atoms with Crippen LogP contribution in [-0.2, 0) is 10.0 Å². The van der Waals surface area contributed by atoms with E-state index in [0.717, 1.165) is 18.7 Å². The molecule has 0 atom stereocenters. The van der Waals surface area contributed by atoms with Gasteiger partial charge in [0.05, 0.1) is 5.69 Å². The molecule has 0 saturated carbocycles. The molecule has 0 saturated heterocycles. The van der Waals surface area contributed by atoms with Crippen molar-refractivity contribution in [2.24, 2.45) is 5.41 Å². The molecule has 0 aromatic heterocycles. The molecular formula is C13H23N3O2S. The highest BCUT2D eigenvalue weighted by molar-refractivity contribution is 7.89. The molecule has 1 rings (SSSR count). The fraction of sp³-hybridized carbons (Fsp3) is 0.538. The molecule has 0 amide bonds. The first kappa shape index (κ1) is 15.8. The molecule has 0 radical (unpaired) electrons. The van der Waals surface area contributed by atoms with Crippen LogP contribution in [0.15, 0.2) is 23.1 Å². The lowest BCUT2D eigenvalue weighted by molar-refractivity contribution is 0.390. The molecular weight excluding hydrogens is 262 g/mol. The van der Waals surface area contributed by atoms with E-state index >= 15 is 0 Å². The minimum Gasteiger partial charge on any atom is -0.398 e. The van der Waals surface area contributed by atoms with E-state index in [1.807, 2.05) is 0 Å². The Morgan fingerprint density at radius 2 is 1.89 bits per heavy atom. The number of nitrogens with one attached hydrogen (secondary N) is 2. The number of hydrogen-bond donors (Lipinski definition) is 3. The van der Waals surface area contributed by atoms with Gasteiger partial charge in [0.15, 0.2) is 0 Å². The maximum Gasteiger partial charge on any atom is 0.242 e. The number of nitrogens with two attached hydrogens (primary N) is 1. The smallest absolute Gasteiger partial charge is 0.242 e. The number of rotatable bonds is 5. The summed E-state index contributed by atoms with van der Waals surface area (Å²) in [5.41, 5.74) is 7.12. The van der Waals surface area contributed by atoms with Crippen LogP contribution in [0.1, 0.15) is 27.2 Å². The van der Waals surface area contributed by atoms with Crippen LogP contribution >= 0.6 is 0 Å². The van der Waals surface area contributed by atoms with Gasteiger partial charge in [-0.3, -0.25) is 0 Å². The second-order valence-corrected chi connectivity index (χ2v) is 7.55. The first-order chi connectivity index (χ1) is 8.65. The highest BCUT2D eigenvalue weighted by atomic mass is 32.2. The lowest BCUT2D eigenvalue weighted by Crippen LogP contribution is -2.20. The van der Waals surface area contributed by atoms with Crippen LogP contribution in [0.5, 0.6) is 0 Å². The van der Waals surface area contributed by atoms with Gasteiger partial charge in [0.1, 0.15) is 4.90 Å². The summed E-state index contributed by atoms with van der Waals surface area (Å²) in [6.45, 7) is 7.34. The van der Waals surface area contributed by atoms with Crippen molar-refractivity contribution in [3.05, 3.63) is 18.2 Å². The second kappa shape index (κ2) is 5.79. The zero-order valence-electron chi connectivity index (χ0n) is 11.9. The van der Waals surface area contributed by atoms with Gasteiger partial charge in [0, 0.05) is 12.2 Å². The van der Waals surface area contributed by atoms with Crippen LogP contribution in [-0.4, -0.2) is 22.0 Å². The van der Waals surface area contributed by atoms with E-state index < -0.39 is 10.0 Å². The lowest BCUT2D eigenvalue weighted by atomic mass is 9.92. The fourth-order valence-corrected chi connectivity index (χ4v) is 2.43. The Bertz CT molecular complexity index is 533. The third kappa shape index (κ3) is 4.72. The quantitative estimate of drug-likeness (QED) is 0.723. The topological polar surface area (TPSA) is 84.2 Å². The molecule has 0 fully saturated rings.